The number of furan rings is 1. The monoisotopic (exact) mass is 476 g/mol. The molecule has 0 aliphatic carbocycles. The van der Waals surface area contributed by atoms with E-state index in [2.05, 4.69) is 45.3 Å². The second-order valence-corrected chi connectivity index (χ2v) is 9.36. The van der Waals surface area contributed by atoms with Crippen molar-refractivity contribution in [2.45, 2.75) is 64.8 Å². The molecule has 0 spiro atoms. The summed E-state index contributed by atoms with van der Waals surface area (Å²) in [7, 11) is 0. The van der Waals surface area contributed by atoms with E-state index in [9.17, 15) is 4.79 Å². The van der Waals surface area contributed by atoms with Crippen LogP contribution in [0.5, 0.6) is 0 Å². The van der Waals surface area contributed by atoms with E-state index in [1.807, 2.05) is 30.3 Å². The third-order valence-electron chi connectivity index (χ3n) is 6.66. The molecular formula is C26H32N6O3. The number of ether oxygens (including phenoxy) is 1. The van der Waals surface area contributed by atoms with Gasteiger partial charge in [-0.25, -0.2) is 4.68 Å². The molecule has 1 aliphatic rings. The molecule has 0 amide bonds. The first-order valence-corrected chi connectivity index (χ1v) is 12.4. The fourth-order valence-electron chi connectivity index (χ4n) is 4.92. The normalized spacial score (nSPS) is 16.9. The van der Waals surface area contributed by atoms with E-state index in [0.29, 0.717) is 19.6 Å². The van der Waals surface area contributed by atoms with Crippen LogP contribution in [0.4, 0.5) is 0 Å². The molecule has 0 saturated carbocycles. The summed E-state index contributed by atoms with van der Waals surface area (Å²) >= 11 is 0. The second-order valence-electron chi connectivity index (χ2n) is 9.36. The summed E-state index contributed by atoms with van der Waals surface area (Å²) in [6.45, 7) is 6.65. The van der Waals surface area contributed by atoms with E-state index in [4.69, 9.17) is 9.15 Å². The standard InChI is InChI=1S/C26H32N6O3/c1-3-6-24(25-28-29-30-32(25)17-22-8-5-12-35-22)31(16-21-7-4-11-34-21)15-20-14-19-13-18(2)9-10-23(19)27-26(20)33/h5,8-10,12-14,21,24H,3-4,6-7,11,15-17H2,1-2H3,(H,27,33)/t21-,24+/m1/s1. The average molecular weight is 477 g/mol. The summed E-state index contributed by atoms with van der Waals surface area (Å²) < 4.78 is 13.3. The van der Waals surface area contributed by atoms with Gasteiger partial charge in [-0.15, -0.1) is 5.10 Å². The van der Waals surface area contributed by atoms with E-state index >= 15 is 0 Å². The molecule has 1 aliphatic heterocycles. The minimum Gasteiger partial charge on any atom is -0.467 e. The molecule has 1 N–H and O–H groups in total. The quantitative estimate of drug-likeness (QED) is 0.369. The summed E-state index contributed by atoms with van der Waals surface area (Å²) in [6.07, 6.45) is 5.66. The Labute approximate surface area is 204 Å². The predicted octanol–water partition coefficient (Wildman–Crippen LogP) is 3.99. The molecule has 3 aromatic heterocycles. The van der Waals surface area contributed by atoms with Gasteiger partial charge in [-0.2, -0.15) is 0 Å². The smallest absolute Gasteiger partial charge is 0.252 e. The lowest BCUT2D eigenvalue weighted by molar-refractivity contribution is 0.0476. The number of aromatic amines is 1. The Hall–Kier alpha value is -3.30. The van der Waals surface area contributed by atoms with E-state index in [1.54, 1.807) is 10.9 Å². The van der Waals surface area contributed by atoms with Gasteiger partial charge < -0.3 is 14.1 Å². The Morgan fingerprint density at radius 1 is 1.29 bits per heavy atom. The third kappa shape index (κ3) is 5.36. The molecule has 0 radical (unpaired) electrons. The minimum absolute atomic E-state index is 0.0656. The number of H-pyrrole nitrogens is 1. The number of nitrogens with one attached hydrogen (secondary N) is 1. The number of aromatic nitrogens is 5. The van der Waals surface area contributed by atoms with E-state index in [0.717, 1.165) is 65.9 Å². The van der Waals surface area contributed by atoms with Crippen LogP contribution >= 0.6 is 0 Å². The Kier molecular flexibility index (Phi) is 7.06. The molecule has 1 saturated heterocycles. The Morgan fingerprint density at radius 3 is 2.97 bits per heavy atom. The van der Waals surface area contributed by atoms with Crippen LogP contribution in [0.3, 0.4) is 0 Å². The van der Waals surface area contributed by atoms with Gasteiger partial charge in [-0.05, 0) is 72.3 Å². The SMILES string of the molecule is CCC[C@@H](c1nnnn1Cc1ccco1)N(Cc1cc2cc(C)ccc2[nH]c1=O)C[C@H]1CCCO1. The number of rotatable bonds is 10. The zero-order valence-electron chi connectivity index (χ0n) is 20.3. The van der Waals surface area contributed by atoms with E-state index in [1.165, 1.54) is 0 Å². The Balaban J connectivity index is 1.50. The number of hydrogen-bond acceptors (Lipinski definition) is 7. The van der Waals surface area contributed by atoms with Gasteiger partial charge >= 0.3 is 0 Å². The van der Waals surface area contributed by atoms with Gasteiger partial charge in [0, 0.05) is 30.8 Å². The molecule has 9 heteroatoms. The number of tetrazole rings is 1. The number of fused-ring (bicyclic) bond motifs is 1. The predicted molar refractivity (Wildman–Crippen MR) is 132 cm³/mol. The van der Waals surface area contributed by atoms with Crippen LogP contribution in [0.2, 0.25) is 0 Å². The average Bonchev–Trinajstić information content (AvgIpc) is 3.62. The van der Waals surface area contributed by atoms with Crippen molar-refractivity contribution in [1.82, 2.24) is 30.1 Å². The Morgan fingerprint density at radius 2 is 2.20 bits per heavy atom. The Bertz CT molecular complexity index is 1310. The molecule has 9 nitrogen and oxygen atoms in total. The van der Waals surface area contributed by atoms with Crippen LogP contribution < -0.4 is 5.56 Å². The number of hydrogen-bond donors (Lipinski definition) is 1. The lowest BCUT2D eigenvalue weighted by atomic mass is 10.0. The topological polar surface area (TPSA) is 102 Å². The van der Waals surface area contributed by atoms with Crippen molar-refractivity contribution >= 4 is 10.9 Å². The number of pyridine rings is 1. The van der Waals surface area contributed by atoms with Gasteiger partial charge in [0.15, 0.2) is 5.82 Å². The summed E-state index contributed by atoms with van der Waals surface area (Å²) in [4.78, 5) is 18.4. The first-order chi connectivity index (χ1) is 17.1. The number of benzene rings is 1. The molecule has 2 atom stereocenters. The number of nitrogens with zero attached hydrogens (tertiary/aromatic N) is 5. The lowest BCUT2D eigenvalue weighted by Crippen LogP contribution is -2.38. The van der Waals surface area contributed by atoms with Crippen LogP contribution in [0.15, 0.2) is 51.9 Å². The highest BCUT2D eigenvalue weighted by Crippen LogP contribution is 2.28. The minimum atomic E-state index is -0.0678. The van der Waals surface area contributed by atoms with Gasteiger partial charge in [0.25, 0.3) is 5.56 Å². The first-order valence-electron chi connectivity index (χ1n) is 12.4. The molecular weight excluding hydrogens is 444 g/mol. The molecule has 4 heterocycles. The maximum atomic E-state index is 13.1. The van der Waals surface area contributed by atoms with Gasteiger partial charge in [-0.1, -0.05) is 25.0 Å². The molecule has 184 valence electrons. The van der Waals surface area contributed by atoms with Crippen LogP contribution in [0.25, 0.3) is 10.9 Å². The molecule has 4 aromatic rings. The molecule has 0 unspecified atom stereocenters. The summed E-state index contributed by atoms with van der Waals surface area (Å²) in [5, 5.41) is 13.7. The van der Waals surface area contributed by atoms with Gasteiger partial charge in [0.2, 0.25) is 0 Å². The van der Waals surface area contributed by atoms with Gasteiger partial charge in [-0.3, -0.25) is 9.69 Å². The molecule has 35 heavy (non-hydrogen) atoms. The second kappa shape index (κ2) is 10.5. The van der Waals surface area contributed by atoms with Crippen LogP contribution in [0, 0.1) is 6.92 Å². The zero-order valence-corrected chi connectivity index (χ0v) is 20.3. The van der Waals surface area contributed by atoms with E-state index in [-0.39, 0.29) is 17.7 Å². The van der Waals surface area contributed by atoms with Crippen LogP contribution in [-0.2, 0) is 17.8 Å². The molecule has 1 fully saturated rings. The third-order valence-corrected chi connectivity index (χ3v) is 6.66. The van der Waals surface area contributed by atoms with Crippen molar-refractivity contribution in [3.8, 4) is 0 Å². The molecule has 0 bridgehead atoms. The fraction of sp³-hybridized carbons (Fsp3) is 0.462. The van der Waals surface area contributed by atoms with Gasteiger partial charge in [0.1, 0.15) is 12.3 Å². The van der Waals surface area contributed by atoms with Gasteiger partial charge in [0.05, 0.1) is 18.4 Å². The first kappa shape index (κ1) is 23.4. The lowest BCUT2D eigenvalue weighted by Gasteiger charge is -2.32. The van der Waals surface area contributed by atoms with Crippen molar-refractivity contribution in [2.75, 3.05) is 13.2 Å². The maximum absolute atomic E-state index is 13.1. The highest BCUT2D eigenvalue weighted by molar-refractivity contribution is 5.79. The molecule has 5 rings (SSSR count). The van der Waals surface area contributed by atoms with Crippen molar-refractivity contribution in [3.63, 3.8) is 0 Å². The van der Waals surface area contributed by atoms with E-state index < -0.39 is 0 Å². The largest absolute Gasteiger partial charge is 0.467 e. The van der Waals surface area contributed by atoms with Crippen molar-refractivity contribution < 1.29 is 9.15 Å². The fourth-order valence-corrected chi connectivity index (χ4v) is 4.92. The van der Waals surface area contributed by atoms with Crippen molar-refractivity contribution in [3.05, 3.63) is 75.7 Å². The van der Waals surface area contributed by atoms with Crippen molar-refractivity contribution in [1.29, 1.82) is 0 Å². The van der Waals surface area contributed by atoms with Crippen molar-refractivity contribution in [2.24, 2.45) is 0 Å². The maximum Gasteiger partial charge on any atom is 0.252 e. The van der Waals surface area contributed by atoms with Crippen LogP contribution in [0.1, 0.15) is 61.4 Å². The molecule has 1 aromatic carbocycles. The summed E-state index contributed by atoms with van der Waals surface area (Å²) in [6, 6.07) is 11.8. The van der Waals surface area contributed by atoms with Crippen LogP contribution in [-0.4, -0.2) is 49.3 Å². The number of aryl methyl sites for hydroxylation is 1. The summed E-state index contributed by atoms with van der Waals surface area (Å²) in [5.74, 6) is 1.56. The highest BCUT2D eigenvalue weighted by Gasteiger charge is 2.30. The highest BCUT2D eigenvalue weighted by atomic mass is 16.5. The summed E-state index contributed by atoms with van der Waals surface area (Å²) in [5.41, 5.74) is 2.67. The zero-order chi connectivity index (χ0) is 24.2.